The van der Waals surface area contributed by atoms with Crippen molar-refractivity contribution in [2.24, 2.45) is 17.3 Å². The maximum Gasteiger partial charge on any atom is 0.336 e. The van der Waals surface area contributed by atoms with E-state index in [0.29, 0.717) is 23.1 Å². The van der Waals surface area contributed by atoms with Crippen LogP contribution in [0.5, 0.6) is 11.5 Å². The lowest BCUT2D eigenvalue weighted by molar-refractivity contribution is -0.136. The van der Waals surface area contributed by atoms with Crippen LogP contribution in [0.15, 0.2) is 27.4 Å². The molecule has 2 saturated carbocycles. The van der Waals surface area contributed by atoms with Gasteiger partial charge in [-0.25, -0.2) is 4.79 Å². The lowest BCUT2D eigenvalue weighted by atomic mass is 9.44. The highest BCUT2D eigenvalue weighted by atomic mass is 16.5. The van der Waals surface area contributed by atoms with E-state index < -0.39 is 17.3 Å². The molecule has 2 fully saturated rings. The number of rotatable bonds is 0. The molecule has 5 unspecified atom stereocenters. The van der Waals surface area contributed by atoms with E-state index in [1.54, 1.807) is 12.1 Å². The highest BCUT2D eigenvalue weighted by molar-refractivity contribution is 5.87. The van der Waals surface area contributed by atoms with Gasteiger partial charge in [0, 0.05) is 36.0 Å². The van der Waals surface area contributed by atoms with Gasteiger partial charge in [-0.3, -0.25) is 0 Å². The van der Waals surface area contributed by atoms with E-state index in [1.165, 1.54) is 6.07 Å². The fraction of sp³-hybridized carbons (Fsp3) is 0.526. The maximum absolute atomic E-state index is 11.5. The number of benzene rings is 1. The highest BCUT2D eigenvalue weighted by Crippen LogP contribution is 2.74. The minimum atomic E-state index is -0.456. The molecule has 3 aliphatic rings. The van der Waals surface area contributed by atoms with Crippen molar-refractivity contribution in [3.63, 3.8) is 0 Å². The summed E-state index contributed by atoms with van der Waals surface area (Å²) in [5, 5.41) is 21.9. The second-order valence-corrected chi connectivity index (χ2v) is 8.34. The van der Waals surface area contributed by atoms with Crippen LogP contribution in [-0.4, -0.2) is 21.9 Å². The monoisotopic (exact) mass is 328 g/mol. The number of aromatic hydroxyl groups is 1. The second kappa shape index (κ2) is 3.97. The quantitative estimate of drug-likeness (QED) is 0.727. The first-order chi connectivity index (χ1) is 11.2. The summed E-state index contributed by atoms with van der Waals surface area (Å²) >= 11 is 0. The topological polar surface area (TPSA) is 79.9 Å². The summed E-state index contributed by atoms with van der Waals surface area (Å²) in [6.07, 6.45) is 0.189. The average molecular weight is 328 g/mol. The number of aliphatic hydroxyl groups is 1. The first-order valence-corrected chi connectivity index (χ1v) is 8.41. The molecular formula is C19H20O5. The Morgan fingerprint density at radius 1 is 1.21 bits per heavy atom. The number of ether oxygens (including phenoxy) is 1. The molecule has 5 heteroatoms. The van der Waals surface area contributed by atoms with Gasteiger partial charge >= 0.3 is 5.63 Å². The molecule has 126 valence electrons. The number of phenols is 1. The summed E-state index contributed by atoms with van der Waals surface area (Å²) in [5.41, 5.74) is 0.0810. The molecular weight excluding hydrogens is 308 g/mol. The van der Waals surface area contributed by atoms with Crippen molar-refractivity contribution in [3.05, 3.63) is 34.2 Å². The molecule has 2 aliphatic carbocycles. The van der Waals surface area contributed by atoms with Crippen LogP contribution in [0.4, 0.5) is 0 Å². The Hall–Kier alpha value is -2.01. The Bertz CT molecular complexity index is 943. The molecule has 2 heterocycles. The van der Waals surface area contributed by atoms with Gasteiger partial charge in [0.15, 0.2) is 0 Å². The Labute approximate surface area is 138 Å². The van der Waals surface area contributed by atoms with Gasteiger partial charge in [0.2, 0.25) is 0 Å². The zero-order valence-corrected chi connectivity index (χ0v) is 13.9. The third kappa shape index (κ3) is 1.43. The molecule has 1 aliphatic heterocycles. The molecule has 0 amide bonds. The first kappa shape index (κ1) is 14.3. The van der Waals surface area contributed by atoms with Crippen LogP contribution in [0.25, 0.3) is 11.0 Å². The fourth-order valence-corrected chi connectivity index (χ4v) is 5.86. The van der Waals surface area contributed by atoms with Crippen LogP contribution in [0.2, 0.25) is 0 Å². The normalized spacial score (nSPS) is 38.2. The molecule has 0 bridgehead atoms. The van der Waals surface area contributed by atoms with Gasteiger partial charge in [0.25, 0.3) is 0 Å². The molecule has 24 heavy (non-hydrogen) atoms. The van der Waals surface area contributed by atoms with Crippen LogP contribution in [-0.2, 0) is 0 Å². The van der Waals surface area contributed by atoms with Crippen molar-refractivity contribution in [3.8, 4) is 11.5 Å². The van der Waals surface area contributed by atoms with Crippen LogP contribution in [0.3, 0.4) is 0 Å². The van der Waals surface area contributed by atoms with Crippen molar-refractivity contribution in [1.29, 1.82) is 0 Å². The van der Waals surface area contributed by atoms with E-state index in [4.69, 9.17) is 9.15 Å². The summed E-state index contributed by atoms with van der Waals surface area (Å²) in [5.74, 6) is 1.17. The summed E-state index contributed by atoms with van der Waals surface area (Å²) in [7, 11) is 0. The predicted molar refractivity (Wildman–Crippen MR) is 87.3 cm³/mol. The van der Waals surface area contributed by atoms with Gasteiger partial charge in [-0.1, -0.05) is 13.8 Å². The molecule has 2 aromatic rings. The van der Waals surface area contributed by atoms with Gasteiger partial charge in [-0.05, 0) is 24.3 Å². The van der Waals surface area contributed by atoms with Gasteiger partial charge in [0.05, 0.1) is 11.5 Å². The third-order valence-corrected chi connectivity index (χ3v) is 6.69. The van der Waals surface area contributed by atoms with E-state index in [2.05, 4.69) is 13.8 Å². The molecule has 0 spiro atoms. The number of phenolic OH excluding ortho intramolecular Hbond substituents is 1. The van der Waals surface area contributed by atoms with Crippen LogP contribution >= 0.6 is 0 Å². The van der Waals surface area contributed by atoms with E-state index in [0.717, 1.165) is 5.56 Å². The Morgan fingerprint density at radius 3 is 2.71 bits per heavy atom. The predicted octanol–water partition coefficient (Wildman–Crippen LogP) is 2.77. The second-order valence-electron chi connectivity index (χ2n) is 8.34. The number of aliphatic hydroxyl groups excluding tert-OH is 1. The van der Waals surface area contributed by atoms with E-state index in [-0.39, 0.29) is 28.9 Å². The lowest BCUT2D eigenvalue weighted by Crippen LogP contribution is -2.60. The third-order valence-electron chi connectivity index (χ3n) is 6.69. The molecule has 2 N–H and O–H groups in total. The lowest BCUT2D eigenvalue weighted by Gasteiger charge is -2.62. The summed E-state index contributed by atoms with van der Waals surface area (Å²) in [4.78, 5) is 11.5. The minimum absolute atomic E-state index is 0.115. The highest BCUT2D eigenvalue weighted by Gasteiger charge is 2.72. The largest absolute Gasteiger partial charge is 0.507 e. The number of hydrogen-bond acceptors (Lipinski definition) is 5. The molecule has 0 radical (unpaired) electrons. The van der Waals surface area contributed by atoms with Gasteiger partial charge in [-0.15, -0.1) is 0 Å². The van der Waals surface area contributed by atoms with Gasteiger partial charge < -0.3 is 19.4 Å². The van der Waals surface area contributed by atoms with Crippen LogP contribution < -0.4 is 10.4 Å². The van der Waals surface area contributed by atoms with Crippen molar-refractivity contribution in [2.45, 2.75) is 44.8 Å². The zero-order valence-electron chi connectivity index (χ0n) is 13.9. The van der Waals surface area contributed by atoms with E-state index >= 15 is 0 Å². The van der Waals surface area contributed by atoms with Crippen LogP contribution in [0, 0.1) is 17.3 Å². The van der Waals surface area contributed by atoms with Gasteiger partial charge in [0.1, 0.15) is 22.7 Å². The Morgan fingerprint density at radius 2 is 1.96 bits per heavy atom. The minimum Gasteiger partial charge on any atom is -0.507 e. The molecule has 1 aromatic carbocycles. The summed E-state index contributed by atoms with van der Waals surface area (Å²) in [6, 6.07) is 4.62. The number of fused-ring (bicyclic) bond motifs is 3. The van der Waals surface area contributed by atoms with Crippen LogP contribution in [0.1, 0.15) is 38.7 Å². The molecule has 0 saturated heterocycles. The standard InChI is InChI=1S/C19H20O5/c1-18(2)14-9(20)7-19(3)16(14)15(18)13-11(24-19)6-10-8(17(13)22)4-5-12(21)23-10/h4-6,9,14-16,20,22H,7H2,1-3H3. The SMILES string of the molecule is CC12CC(O)C3C1C(c1c(cc4oc(=O)ccc4c1O)O2)C3(C)C. The van der Waals surface area contributed by atoms with Crippen molar-refractivity contribution < 1.29 is 19.4 Å². The molecule has 1 aromatic heterocycles. The van der Waals surface area contributed by atoms with E-state index in [1.807, 2.05) is 6.92 Å². The zero-order chi connectivity index (χ0) is 17.0. The average Bonchev–Trinajstić information content (AvgIpc) is 2.73. The summed E-state index contributed by atoms with van der Waals surface area (Å²) in [6.45, 7) is 6.34. The van der Waals surface area contributed by atoms with E-state index in [9.17, 15) is 15.0 Å². The smallest absolute Gasteiger partial charge is 0.336 e. The summed E-state index contributed by atoms with van der Waals surface area (Å²) < 4.78 is 11.5. The molecule has 5 nitrogen and oxygen atoms in total. The Balaban J connectivity index is 1.81. The number of hydrogen-bond donors (Lipinski definition) is 2. The first-order valence-electron chi connectivity index (χ1n) is 8.41. The van der Waals surface area contributed by atoms with Crippen molar-refractivity contribution in [1.82, 2.24) is 0 Å². The Kier molecular flexibility index (Phi) is 2.37. The fourth-order valence-electron chi connectivity index (χ4n) is 5.86. The van der Waals surface area contributed by atoms with Crippen molar-refractivity contribution >= 4 is 11.0 Å². The van der Waals surface area contributed by atoms with Crippen molar-refractivity contribution in [2.75, 3.05) is 0 Å². The maximum atomic E-state index is 11.5. The molecule has 5 atom stereocenters. The van der Waals surface area contributed by atoms with Gasteiger partial charge in [-0.2, -0.15) is 0 Å². The molecule has 5 rings (SSSR count).